The highest BCUT2D eigenvalue weighted by atomic mass is 35.5. The molecule has 1 saturated heterocycles. The summed E-state index contributed by atoms with van der Waals surface area (Å²) in [7, 11) is 3.52. The molecule has 4 atom stereocenters. The topological polar surface area (TPSA) is 61.4 Å². The first-order valence-electron chi connectivity index (χ1n) is 11.3. The van der Waals surface area contributed by atoms with Gasteiger partial charge in [-0.3, -0.25) is 9.59 Å². The molecule has 0 radical (unpaired) electrons. The summed E-state index contributed by atoms with van der Waals surface area (Å²) < 4.78 is 0. The molecule has 0 aromatic heterocycles. The first kappa shape index (κ1) is 24.1. The molecule has 5 nitrogen and oxygen atoms in total. The van der Waals surface area contributed by atoms with Crippen molar-refractivity contribution in [3.8, 4) is 0 Å². The molecule has 0 unspecified atom stereocenters. The van der Waals surface area contributed by atoms with Crippen molar-refractivity contribution in [2.75, 3.05) is 19.4 Å². The van der Waals surface area contributed by atoms with Gasteiger partial charge in [-0.1, -0.05) is 62.2 Å². The van der Waals surface area contributed by atoms with Crippen LogP contribution in [0.4, 0.5) is 5.69 Å². The van der Waals surface area contributed by atoms with Crippen molar-refractivity contribution in [3.05, 3.63) is 63.6 Å². The number of rotatable bonds is 4. The third kappa shape index (κ3) is 4.27. The van der Waals surface area contributed by atoms with Crippen LogP contribution in [0, 0.1) is 5.41 Å². The molecule has 1 spiro atoms. The molecule has 7 heteroatoms. The van der Waals surface area contributed by atoms with Gasteiger partial charge in [-0.2, -0.15) is 0 Å². The molecule has 0 aliphatic carbocycles. The fourth-order valence-corrected chi connectivity index (χ4v) is 5.95. The molecule has 2 aliphatic heterocycles. The Balaban J connectivity index is 1.96. The summed E-state index contributed by atoms with van der Waals surface area (Å²) in [5.41, 5.74) is 1.67. The Kier molecular flexibility index (Phi) is 6.27. The van der Waals surface area contributed by atoms with E-state index in [2.05, 4.69) is 31.4 Å². The first-order valence-corrected chi connectivity index (χ1v) is 12.0. The molecular formula is C26H31Cl2N3O2. The van der Waals surface area contributed by atoms with Crippen molar-refractivity contribution < 1.29 is 9.59 Å². The van der Waals surface area contributed by atoms with E-state index in [-0.39, 0.29) is 41.7 Å². The summed E-state index contributed by atoms with van der Waals surface area (Å²) in [4.78, 5) is 28.4. The third-order valence-corrected chi connectivity index (χ3v) is 7.30. The summed E-state index contributed by atoms with van der Waals surface area (Å²) in [5, 5.41) is 8.02. The van der Waals surface area contributed by atoms with Crippen LogP contribution in [0.15, 0.2) is 42.5 Å². The van der Waals surface area contributed by atoms with Crippen molar-refractivity contribution in [3.63, 3.8) is 0 Å². The largest absolute Gasteiger partial charge is 0.349 e. The number of carbonyl (C=O) groups is 2. The van der Waals surface area contributed by atoms with Crippen LogP contribution >= 0.6 is 23.2 Å². The van der Waals surface area contributed by atoms with Gasteiger partial charge in [0.05, 0.1) is 5.41 Å². The van der Waals surface area contributed by atoms with Crippen LogP contribution in [0.3, 0.4) is 0 Å². The predicted octanol–water partition coefficient (Wildman–Crippen LogP) is 5.22. The lowest BCUT2D eigenvalue weighted by Gasteiger charge is -2.38. The Morgan fingerprint density at radius 3 is 2.42 bits per heavy atom. The molecule has 2 aliphatic rings. The van der Waals surface area contributed by atoms with Gasteiger partial charge >= 0.3 is 0 Å². The zero-order valence-corrected chi connectivity index (χ0v) is 21.2. The van der Waals surface area contributed by atoms with Gasteiger partial charge in [-0.25, -0.2) is 0 Å². The van der Waals surface area contributed by atoms with Crippen molar-refractivity contribution in [1.82, 2.24) is 10.2 Å². The van der Waals surface area contributed by atoms with Crippen LogP contribution in [0.5, 0.6) is 0 Å². The Bertz CT molecular complexity index is 1100. The summed E-state index contributed by atoms with van der Waals surface area (Å²) in [6, 6.07) is 12.9. The molecule has 4 rings (SSSR count). The molecule has 2 amide bonds. The van der Waals surface area contributed by atoms with Crippen LogP contribution in [0.25, 0.3) is 0 Å². The number of nitrogens with one attached hydrogen (secondary N) is 2. The van der Waals surface area contributed by atoms with Crippen molar-refractivity contribution in [2.24, 2.45) is 5.41 Å². The molecule has 33 heavy (non-hydrogen) atoms. The maximum absolute atomic E-state index is 14.0. The summed E-state index contributed by atoms with van der Waals surface area (Å²) >= 11 is 12.7. The lowest BCUT2D eigenvalue weighted by atomic mass is 9.62. The average molecular weight is 488 g/mol. The van der Waals surface area contributed by atoms with E-state index in [0.717, 1.165) is 23.2 Å². The maximum atomic E-state index is 14.0. The quantitative estimate of drug-likeness (QED) is 0.620. The molecular weight excluding hydrogens is 457 g/mol. The van der Waals surface area contributed by atoms with E-state index in [1.807, 2.05) is 42.5 Å². The minimum Gasteiger partial charge on any atom is -0.349 e. The minimum absolute atomic E-state index is 0.0146. The van der Waals surface area contributed by atoms with Crippen molar-refractivity contribution >= 4 is 40.7 Å². The zero-order chi connectivity index (χ0) is 24.1. The summed E-state index contributed by atoms with van der Waals surface area (Å²) in [5.74, 6) is -0.331. The SMILES string of the molecule is CN(C)C(=O)C[C@@H]1N[C@H](CC(C)(C)C)[C@]2(C(=O)Nc3cc(Cl)ccc32)[C@H]1c1cccc(Cl)c1. The van der Waals surface area contributed by atoms with E-state index >= 15 is 0 Å². The molecule has 2 aromatic rings. The Hall–Kier alpha value is -2.08. The lowest BCUT2D eigenvalue weighted by Crippen LogP contribution is -2.49. The average Bonchev–Trinajstić information content (AvgIpc) is 3.15. The smallest absolute Gasteiger partial charge is 0.237 e. The fourth-order valence-electron chi connectivity index (χ4n) is 5.58. The monoisotopic (exact) mass is 487 g/mol. The second-order valence-electron chi connectivity index (χ2n) is 10.6. The van der Waals surface area contributed by atoms with Gasteiger partial charge in [0.2, 0.25) is 11.8 Å². The number of amides is 2. The fraction of sp³-hybridized carbons (Fsp3) is 0.462. The standard InChI is InChI=1S/C26H31Cl2N3O2/c1-25(2,3)14-21-26(18-10-9-17(28)12-19(18)30-24(26)33)23(15-7-6-8-16(27)11-15)20(29-21)13-22(32)31(4)5/h6-12,20-21,23,29H,13-14H2,1-5H3,(H,30,33)/t20-,21+,23-,26-/m0/s1. The molecule has 1 fully saturated rings. The molecule has 2 N–H and O–H groups in total. The highest BCUT2D eigenvalue weighted by molar-refractivity contribution is 6.31. The van der Waals surface area contributed by atoms with E-state index in [4.69, 9.17) is 23.2 Å². The van der Waals surface area contributed by atoms with E-state index in [9.17, 15) is 9.59 Å². The van der Waals surface area contributed by atoms with Gasteiger partial charge in [0.15, 0.2) is 0 Å². The van der Waals surface area contributed by atoms with Crippen LogP contribution in [0.2, 0.25) is 10.0 Å². The maximum Gasteiger partial charge on any atom is 0.237 e. The number of benzene rings is 2. The van der Waals surface area contributed by atoms with Gasteiger partial charge in [0, 0.05) is 54.3 Å². The van der Waals surface area contributed by atoms with Crippen molar-refractivity contribution in [1.29, 1.82) is 0 Å². The first-order chi connectivity index (χ1) is 15.4. The Morgan fingerprint density at radius 2 is 1.79 bits per heavy atom. The molecule has 2 aromatic carbocycles. The second kappa shape index (κ2) is 8.61. The van der Waals surface area contributed by atoms with Gasteiger partial charge < -0.3 is 15.5 Å². The summed E-state index contributed by atoms with van der Waals surface area (Å²) in [6.45, 7) is 6.51. The second-order valence-corrected chi connectivity index (χ2v) is 11.5. The predicted molar refractivity (Wildman–Crippen MR) is 134 cm³/mol. The van der Waals surface area contributed by atoms with E-state index in [1.54, 1.807) is 19.0 Å². The van der Waals surface area contributed by atoms with Gasteiger partial charge in [-0.05, 0) is 47.2 Å². The number of nitrogens with zero attached hydrogens (tertiary/aromatic N) is 1. The van der Waals surface area contributed by atoms with Gasteiger partial charge in [0.1, 0.15) is 0 Å². The normalized spacial score (nSPS) is 26.4. The molecule has 0 bridgehead atoms. The highest BCUT2D eigenvalue weighted by Gasteiger charge is 2.64. The lowest BCUT2D eigenvalue weighted by molar-refractivity contribution is -0.129. The van der Waals surface area contributed by atoms with E-state index < -0.39 is 5.41 Å². The van der Waals surface area contributed by atoms with E-state index in [0.29, 0.717) is 10.0 Å². The number of hydrogen-bond donors (Lipinski definition) is 2. The van der Waals surface area contributed by atoms with Gasteiger partial charge in [0.25, 0.3) is 0 Å². The Morgan fingerprint density at radius 1 is 1.09 bits per heavy atom. The number of fused-ring (bicyclic) bond motifs is 2. The molecule has 2 heterocycles. The van der Waals surface area contributed by atoms with Crippen LogP contribution in [-0.4, -0.2) is 42.9 Å². The Labute approximate surface area is 205 Å². The highest BCUT2D eigenvalue weighted by Crippen LogP contribution is 2.57. The van der Waals surface area contributed by atoms with Crippen molar-refractivity contribution in [2.45, 2.75) is 57.0 Å². The number of anilines is 1. The number of halogens is 2. The summed E-state index contributed by atoms with van der Waals surface area (Å²) in [6.07, 6.45) is 1.04. The van der Waals surface area contributed by atoms with Gasteiger partial charge in [-0.15, -0.1) is 0 Å². The van der Waals surface area contributed by atoms with Crippen LogP contribution in [0.1, 0.15) is 50.7 Å². The van der Waals surface area contributed by atoms with E-state index in [1.165, 1.54) is 0 Å². The number of carbonyl (C=O) groups excluding carboxylic acids is 2. The zero-order valence-electron chi connectivity index (χ0n) is 19.7. The van der Waals surface area contributed by atoms with Crippen LogP contribution < -0.4 is 10.6 Å². The van der Waals surface area contributed by atoms with Crippen LogP contribution in [-0.2, 0) is 15.0 Å². The minimum atomic E-state index is -0.894. The number of hydrogen-bond acceptors (Lipinski definition) is 3. The third-order valence-electron chi connectivity index (χ3n) is 6.83. The molecule has 176 valence electrons. The molecule has 0 saturated carbocycles.